The number of hydrogen-bond acceptors (Lipinski definition) is 5. The van der Waals surface area contributed by atoms with Crippen LogP contribution in [-0.4, -0.2) is 28.2 Å². The van der Waals surface area contributed by atoms with Crippen LogP contribution in [0.4, 0.5) is 0 Å². The molecule has 0 aromatic carbocycles. The summed E-state index contributed by atoms with van der Waals surface area (Å²) in [6.07, 6.45) is 5.01. The smallest absolute Gasteiger partial charge is 0.234 e. The number of nitrogens with zero attached hydrogens (tertiary/aromatic N) is 3. The van der Waals surface area contributed by atoms with Gasteiger partial charge in [0.25, 0.3) is 0 Å². The van der Waals surface area contributed by atoms with Crippen LogP contribution in [0.3, 0.4) is 0 Å². The van der Waals surface area contributed by atoms with Gasteiger partial charge in [0, 0.05) is 12.7 Å². The zero-order chi connectivity index (χ0) is 14.0. The Morgan fingerprint density at radius 3 is 3.05 bits per heavy atom. The molecule has 1 saturated heterocycles. The molecule has 106 valence electrons. The zero-order valence-electron chi connectivity index (χ0n) is 12.0. The van der Waals surface area contributed by atoms with Gasteiger partial charge in [-0.3, -0.25) is 4.98 Å². The second-order valence-corrected chi connectivity index (χ2v) is 5.51. The molecular formula is C15H20N4O. The van der Waals surface area contributed by atoms with Crippen LogP contribution in [0.2, 0.25) is 0 Å². The molecular weight excluding hydrogens is 252 g/mol. The number of hydrogen-bond donors (Lipinski definition) is 1. The average Bonchev–Trinajstić information content (AvgIpc) is 2.98. The highest BCUT2D eigenvalue weighted by atomic mass is 16.5. The number of pyridine rings is 1. The maximum Gasteiger partial charge on any atom is 0.234 e. The summed E-state index contributed by atoms with van der Waals surface area (Å²) in [7, 11) is 0. The molecule has 1 aliphatic rings. The molecule has 5 heteroatoms. The molecule has 0 radical (unpaired) electrons. The molecule has 1 unspecified atom stereocenters. The first kappa shape index (κ1) is 13.2. The monoisotopic (exact) mass is 272 g/mol. The predicted octanol–water partition coefficient (Wildman–Crippen LogP) is 2.47. The third-order valence-corrected chi connectivity index (χ3v) is 4.25. The maximum absolute atomic E-state index is 5.57. The average molecular weight is 272 g/mol. The van der Waals surface area contributed by atoms with Crippen molar-refractivity contribution in [3.63, 3.8) is 0 Å². The number of aryl methyl sites for hydroxylation is 1. The summed E-state index contributed by atoms with van der Waals surface area (Å²) in [5, 5.41) is 7.58. The van der Waals surface area contributed by atoms with E-state index in [4.69, 9.17) is 4.52 Å². The number of rotatable bonds is 3. The summed E-state index contributed by atoms with van der Waals surface area (Å²) in [6, 6.07) is 3.93. The number of piperidine rings is 1. The standard InChI is InChI=1S/C15H20N4O/c1-3-15(7-5-8-16-10-15)14-18-13(19-20-14)12-11(2)6-4-9-17-12/h4,6,9,16H,3,5,7-8,10H2,1-2H3. The molecule has 20 heavy (non-hydrogen) atoms. The van der Waals surface area contributed by atoms with Gasteiger partial charge in [-0.05, 0) is 44.4 Å². The van der Waals surface area contributed by atoms with E-state index in [0.29, 0.717) is 5.82 Å². The lowest BCUT2D eigenvalue weighted by molar-refractivity contribution is 0.221. The summed E-state index contributed by atoms with van der Waals surface area (Å²) in [6.45, 7) is 6.17. The van der Waals surface area contributed by atoms with Crippen LogP contribution < -0.4 is 5.32 Å². The minimum atomic E-state index is -0.0216. The largest absolute Gasteiger partial charge is 0.338 e. The lowest BCUT2D eigenvalue weighted by Gasteiger charge is -2.33. The van der Waals surface area contributed by atoms with Crippen LogP contribution >= 0.6 is 0 Å². The fraction of sp³-hybridized carbons (Fsp3) is 0.533. The van der Waals surface area contributed by atoms with Gasteiger partial charge in [-0.15, -0.1) is 0 Å². The van der Waals surface area contributed by atoms with Gasteiger partial charge in [0.2, 0.25) is 11.7 Å². The Hall–Kier alpha value is -1.75. The van der Waals surface area contributed by atoms with E-state index in [-0.39, 0.29) is 5.41 Å². The van der Waals surface area contributed by atoms with E-state index in [1.54, 1.807) is 6.20 Å². The van der Waals surface area contributed by atoms with Crippen LogP contribution in [0.25, 0.3) is 11.5 Å². The highest BCUT2D eigenvalue weighted by Crippen LogP contribution is 2.34. The van der Waals surface area contributed by atoms with Crippen molar-refractivity contribution in [2.24, 2.45) is 0 Å². The van der Waals surface area contributed by atoms with Crippen LogP contribution in [0, 0.1) is 6.92 Å². The molecule has 0 saturated carbocycles. The molecule has 1 N–H and O–H groups in total. The summed E-state index contributed by atoms with van der Waals surface area (Å²) in [4.78, 5) is 8.98. The summed E-state index contributed by atoms with van der Waals surface area (Å²) in [5.41, 5.74) is 1.84. The quantitative estimate of drug-likeness (QED) is 0.930. The van der Waals surface area contributed by atoms with E-state index < -0.39 is 0 Å². The molecule has 0 aliphatic carbocycles. The van der Waals surface area contributed by atoms with Gasteiger partial charge in [-0.1, -0.05) is 18.1 Å². The van der Waals surface area contributed by atoms with Gasteiger partial charge < -0.3 is 9.84 Å². The van der Waals surface area contributed by atoms with Crippen molar-refractivity contribution in [1.82, 2.24) is 20.4 Å². The first-order chi connectivity index (χ1) is 9.75. The Bertz CT molecular complexity index is 587. The van der Waals surface area contributed by atoms with Crippen LogP contribution in [0.1, 0.15) is 37.6 Å². The first-order valence-electron chi connectivity index (χ1n) is 7.22. The molecule has 3 rings (SSSR count). The van der Waals surface area contributed by atoms with Crippen molar-refractivity contribution in [3.8, 4) is 11.5 Å². The van der Waals surface area contributed by atoms with E-state index in [0.717, 1.165) is 49.5 Å². The third kappa shape index (κ3) is 2.22. The van der Waals surface area contributed by atoms with Crippen molar-refractivity contribution in [1.29, 1.82) is 0 Å². The van der Waals surface area contributed by atoms with E-state index in [2.05, 4.69) is 27.4 Å². The molecule has 0 spiro atoms. The Kier molecular flexibility index (Phi) is 3.53. The van der Waals surface area contributed by atoms with Crippen LogP contribution in [0.5, 0.6) is 0 Å². The molecule has 1 fully saturated rings. The molecule has 5 nitrogen and oxygen atoms in total. The van der Waals surface area contributed by atoms with Crippen molar-refractivity contribution in [3.05, 3.63) is 29.8 Å². The van der Waals surface area contributed by atoms with Crippen molar-refractivity contribution in [2.45, 2.75) is 38.5 Å². The summed E-state index contributed by atoms with van der Waals surface area (Å²) < 4.78 is 5.57. The summed E-state index contributed by atoms with van der Waals surface area (Å²) in [5.74, 6) is 1.34. The van der Waals surface area contributed by atoms with Gasteiger partial charge in [-0.2, -0.15) is 4.98 Å². The van der Waals surface area contributed by atoms with E-state index in [9.17, 15) is 0 Å². The highest BCUT2D eigenvalue weighted by Gasteiger charge is 2.37. The number of nitrogens with one attached hydrogen (secondary N) is 1. The molecule has 1 atom stereocenters. The Morgan fingerprint density at radius 1 is 1.45 bits per heavy atom. The fourth-order valence-electron chi connectivity index (χ4n) is 2.86. The second-order valence-electron chi connectivity index (χ2n) is 5.51. The Labute approximate surface area is 118 Å². The lowest BCUT2D eigenvalue weighted by atomic mass is 9.78. The van der Waals surface area contributed by atoms with E-state index >= 15 is 0 Å². The molecule has 2 aromatic heterocycles. The normalized spacial score (nSPS) is 22.9. The highest BCUT2D eigenvalue weighted by molar-refractivity contribution is 5.53. The van der Waals surface area contributed by atoms with Crippen molar-refractivity contribution < 1.29 is 4.52 Å². The third-order valence-electron chi connectivity index (χ3n) is 4.25. The second kappa shape index (κ2) is 5.32. The topological polar surface area (TPSA) is 63.8 Å². The molecule has 3 heterocycles. The Morgan fingerprint density at radius 2 is 2.35 bits per heavy atom. The van der Waals surface area contributed by atoms with Gasteiger partial charge in [0.15, 0.2) is 0 Å². The molecule has 2 aromatic rings. The Balaban J connectivity index is 1.95. The predicted molar refractivity (Wildman–Crippen MR) is 76.3 cm³/mol. The maximum atomic E-state index is 5.57. The molecule has 0 bridgehead atoms. The zero-order valence-corrected chi connectivity index (χ0v) is 12.0. The SMILES string of the molecule is CCC1(c2nc(-c3ncccc3C)no2)CCCNC1. The van der Waals surface area contributed by atoms with Gasteiger partial charge in [-0.25, -0.2) is 0 Å². The minimum Gasteiger partial charge on any atom is -0.338 e. The van der Waals surface area contributed by atoms with Crippen molar-refractivity contribution in [2.75, 3.05) is 13.1 Å². The summed E-state index contributed by atoms with van der Waals surface area (Å²) >= 11 is 0. The van der Waals surface area contributed by atoms with E-state index in [1.165, 1.54) is 0 Å². The molecule has 1 aliphatic heterocycles. The minimum absolute atomic E-state index is 0.0216. The number of aromatic nitrogens is 3. The molecule has 0 amide bonds. The van der Waals surface area contributed by atoms with Gasteiger partial charge in [0.1, 0.15) is 5.69 Å². The van der Waals surface area contributed by atoms with Gasteiger partial charge in [0.05, 0.1) is 5.41 Å². The van der Waals surface area contributed by atoms with E-state index in [1.807, 2.05) is 19.1 Å². The first-order valence-corrected chi connectivity index (χ1v) is 7.22. The van der Waals surface area contributed by atoms with Crippen LogP contribution in [0.15, 0.2) is 22.9 Å². The fourth-order valence-corrected chi connectivity index (χ4v) is 2.86. The van der Waals surface area contributed by atoms with Crippen LogP contribution in [-0.2, 0) is 5.41 Å². The van der Waals surface area contributed by atoms with Crippen molar-refractivity contribution >= 4 is 0 Å². The van der Waals surface area contributed by atoms with Gasteiger partial charge >= 0.3 is 0 Å². The lowest BCUT2D eigenvalue weighted by Crippen LogP contribution is -2.43.